The molecule has 1 saturated heterocycles. The molecule has 2 heterocycles. The van der Waals surface area contributed by atoms with Gasteiger partial charge in [0.2, 0.25) is 5.91 Å². The summed E-state index contributed by atoms with van der Waals surface area (Å²) in [6.07, 6.45) is 2.30. The van der Waals surface area contributed by atoms with Gasteiger partial charge in [-0.1, -0.05) is 0 Å². The third-order valence-electron chi connectivity index (χ3n) is 1.74. The van der Waals surface area contributed by atoms with E-state index in [1.54, 1.807) is 17.5 Å². The number of aromatic nitrogens is 1. The van der Waals surface area contributed by atoms with Crippen molar-refractivity contribution in [1.29, 1.82) is 0 Å². The van der Waals surface area contributed by atoms with Crippen LogP contribution in [0.15, 0.2) is 11.6 Å². The zero-order valence-corrected chi connectivity index (χ0v) is 7.23. The fourth-order valence-electron chi connectivity index (χ4n) is 1.18. The van der Waals surface area contributed by atoms with Crippen LogP contribution < -0.4 is 10.6 Å². The van der Waals surface area contributed by atoms with Crippen LogP contribution in [0.25, 0.3) is 0 Å². The molecule has 0 aliphatic carbocycles. The predicted molar refractivity (Wildman–Crippen MR) is 47.2 cm³/mol. The summed E-state index contributed by atoms with van der Waals surface area (Å²) in [6, 6.07) is 0.212. The Kier molecular flexibility index (Phi) is 1.95. The average Bonchev–Trinajstić information content (AvgIpc) is 2.63. The monoisotopic (exact) mass is 183 g/mol. The molecular weight excluding hydrogens is 174 g/mol. The molecule has 12 heavy (non-hydrogen) atoms. The normalized spacial score (nSPS) is 22.3. The van der Waals surface area contributed by atoms with E-state index >= 15 is 0 Å². The molecule has 0 aromatic carbocycles. The van der Waals surface area contributed by atoms with Gasteiger partial charge in [-0.25, -0.2) is 4.98 Å². The number of thiazole rings is 1. The number of nitrogens with one attached hydrogen (secondary N) is 2. The summed E-state index contributed by atoms with van der Waals surface area (Å²) in [7, 11) is 0. The van der Waals surface area contributed by atoms with Gasteiger partial charge in [-0.3, -0.25) is 4.79 Å². The van der Waals surface area contributed by atoms with Crippen molar-refractivity contribution in [2.24, 2.45) is 0 Å². The van der Waals surface area contributed by atoms with Crippen LogP contribution in [0.1, 0.15) is 6.42 Å². The van der Waals surface area contributed by atoms with Gasteiger partial charge in [0.15, 0.2) is 5.13 Å². The molecule has 64 valence electrons. The third kappa shape index (κ3) is 1.55. The Morgan fingerprint density at radius 2 is 2.67 bits per heavy atom. The lowest BCUT2D eigenvalue weighted by atomic mass is 10.3. The van der Waals surface area contributed by atoms with Crippen molar-refractivity contribution in [3.63, 3.8) is 0 Å². The number of hydrogen-bond donors (Lipinski definition) is 2. The first kappa shape index (κ1) is 7.54. The summed E-state index contributed by atoms with van der Waals surface area (Å²) in [5, 5.41) is 8.73. The Bertz CT molecular complexity index is 272. The molecule has 0 bridgehead atoms. The Morgan fingerprint density at radius 3 is 3.25 bits per heavy atom. The molecule has 4 nitrogen and oxygen atoms in total. The minimum atomic E-state index is 0.115. The van der Waals surface area contributed by atoms with Gasteiger partial charge in [0.25, 0.3) is 0 Å². The molecule has 2 N–H and O–H groups in total. The maximum absolute atomic E-state index is 10.8. The van der Waals surface area contributed by atoms with Crippen molar-refractivity contribution in [3.05, 3.63) is 11.6 Å². The van der Waals surface area contributed by atoms with Gasteiger partial charge >= 0.3 is 0 Å². The molecule has 5 heteroatoms. The van der Waals surface area contributed by atoms with E-state index in [-0.39, 0.29) is 11.9 Å². The third-order valence-corrected chi connectivity index (χ3v) is 2.44. The zero-order valence-electron chi connectivity index (χ0n) is 6.41. The van der Waals surface area contributed by atoms with E-state index in [0.29, 0.717) is 13.0 Å². The molecule has 1 aliphatic rings. The molecule has 0 radical (unpaired) electrons. The topological polar surface area (TPSA) is 54.0 Å². The maximum atomic E-state index is 10.8. The molecule has 1 aliphatic heterocycles. The van der Waals surface area contributed by atoms with Gasteiger partial charge in [-0.15, -0.1) is 11.3 Å². The lowest BCUT2D eigenvalue weighted by Gasteiger charge is -2.07. The average molecular weight is 183 g/mol. The van der Waals surface area contributed by atoms with Crippen molar-refractivity contribution < 1.29 is 4.79 Å². The second-order valence-electron chi connectivity index (χ2n) is 2.69. The minimum Gasteiger partial charge on any atom is -0.356 e. The molecule has 1 amide bonds. The number of rotatable bonds is 2. The van der Waals surface area contributed by atoms with Gasteiger partial charge in [0, 0.05) is 24.5 Å². The van der Waals surface area contributed by atoms with E-state index in [1.807, 2.05) is 5.38 Å². The van der Waals surface area contributed by atoms with Gasteiger partial charge < -0.3 is 10.6 Å². The molecule has 1 fully saturated rings. The highest BCUT2D eigenvalue weighted by Crippen LogP contribution is 2.14. The number of carbonyl (C=O) groups is 1. The molecular formula is C7H9N3OS. The molecule has 1 atom stereocenters. The van der Waals surface area contributed by atoms with Crippen LogP contribution >= 0.6 is 11.3 Å². The van der Waals surface area contributed by atoms with E-state index in [1.165, 1.54) is 0 Å². The van der Waals surface area contributed by atoms with Crippen molar-refractivity contribution in [2.75, 3.05) is 11.9 Å². The first-order valence-electron chi connectivity index (χ1n) is 3.77. The molecule has 0 saturated carbocycles. The lowest BCUT2D eigenvalue weighted by Crippen LogP contribution is -2.22. The Balaban J connectivity index is 1.92. The Labute approximate surface area is 74.0 Å². The maximum Gasteiger partial charge on any atom is 0.222 e. The second kappa shape index (κ2) is 3.10. The molecule has 0 spiro atoms. The summed E-state index contributed by atoms with van der Waals surface area (Å²) in [6.45, 7) is 0.707. The lowest BCUT2D eigenvalue weighted by molar-refractivity contribution is -0.119. The summed E-state index contributed by atoms with van der Waals surface area (Å²) in [4.78, 5) is 14.9. The fourth-order valence-corrected chi connectivity index (χ4v) is 1.78. The quantitative estimate of drug-likeness (QED) is 0.699. The molecule has 1 aromatic rings. The van der Waals surface area contributed by atoms with Crippen molar-refractivity contribution in [2.45, 2.75) is 12.5 Å². The Hall–Kier alpha value is -1.10. The van der Waals surface area contributed by atoms with Crippen molar-refractivity contribution in [1.82, 2.24) is 10.3 Å². The fraction of sp³-hybridized carbons (Fsp3) is 0.429. The first-order valence-corrected chi connectivity index (χ1v) is 4.65. The number of carbonyl (C=O) groups excluding carboxylic acids is 1. The van der Waals surface area contributed by atoms with E-state index in [4.69, 9.17) is 0 Å². The van der Waals surface area contributed by atoms with Gasteiger partial charge in [0.1, 0.15) is 0 Å². The highest BCUT2D eigenvalue weighted by molar-refractivity contribution is 7.13. The van der Waals surface area contributed by atoms with E-state index in [0.717, 1.165) is 5.13 Å². The van der Waals surface area contributed by atoms with E-state index in [2.05, 4.69) is 15.6 Å². The standard InChI is InChI=1S/C7H9N3OS/c11-6-3-5(4-9-6)10-7-8-1-2-12-7/h1-2,5H,3-4H2,(H,8,10)(H,9,11). The SMILES string of the molecule is O=C1CC(Nc2nccs2)CN1. The van der Waals surface area contributed by atoms with E-state index in [9.17, 15) is 4.79 Å². The van der Waals surface area contributed by atoms with E-state index < -0.39 is 0 Å². The number of anilines is 1. The summed E-state index contributed by atoms with van der Waals surface area (Å²) >= 11 is 1.55. The largest absolute Gasteiger partial charge is 0.356 e. The van der Waals surface area contributed by atoms with Crippen LogP contribution in [0.3, 0.4) is 0 Å². The van der Waals surface area contributed by atoms with Crippen LogP contribution in [-0.4, -0.2) is 23.5 Å². The van der Waals surface area contributed by atoms with Crippen LogP contribution in [-0.2, 0) is 4.79 Å². The zero-order chi connectivity index (χ0) is 8.39. The van der Waals surface area contributed by atoms with Crippen LogP contribution in [0, 0.1) is 0 Å². The first-order chi connectivity index (χ1) is 5.84. The van der Waals surface area contributed by atoms with Crippen LogP contribution in [0.5, 0.6) is 0 Å². The molecule has 1 aromatic heterocycles. The summed E-state index contributed by atoms with van der Waals surface area (Å²) in [5.74, 6) is 0.115. The predicted octanol–water partition coefficient (Wildman–Crippen LogP) is 0.444. The number of nitrogens with zero attached hydrogens (tertiary/aromatic N) is 1. The number of amides is 1. The Morgan fingerprint density at radius 1 is 1.75 bits per heavy atom. The van der Waals surface area contributed by atoms with Gasteiger partial charge in [-0.2, -0.15) is 0 Å². The summed E-state index contributed by atoms with van der Waals surface area (Å²) < 4.78 is 0. The van der Waals surface area contributed by atoms with Crippen LogP contribution in [0.2, 0.25) is 0 Å². The van der Waals surface area contributed by atoms with Crippen LogP contribution in [0.4, 0.5) is 5.13 Å². The van der Waals surface area contributed by atoms with Crippen molar-refractivity contribution >= 4 is 22.4 Å². The molecule has 2 rings (SSSR count). The molecule has 1 unspecified atom stereocenters. The smallest absolute Gasteiger partial charge is 0.222 e. The van der Waals surface area contributed by atoms with Crippen molar-refractivity contribution in [3.8, 4) is 0 Å². The van der Waals surface area contributed by atoms with Gasteiger partial charge in [-0.05, 0) is 0 Å². The highest BCUT2D eigenvalue weighted by atomic mass is 32.1. The summed E-state index contributed by atoms with van der Waals surface area (Å²) in [5.41, 5.74) is 0. The minimum absolute atomic E-state index is 0.115. The highest BCUT2D eigenvalue weighted by Gasteiger charge is 2.21. The van der Waals surface area contributed by atoms with Gasteiger partial charge in [0.05, 0.1) is 6.04 Å². The second-order valence-corrected chi connectivity index (χ2v) is 3.58. The number of hydrogen-bond acceptors (Lipinski definition) is 4.